The molecule has 0 aromatic heterocycles. The van der Waals surface area contributed by atoms with E-state index in [9.17, 15) is 9.46 Å². The van der Waals surface area contributed by atoms with Crippen molar-refractivity contribution in [1.29, 1.82) is 0 Å². The smallest absolute Gasteiger partial charge is 0.800 e. The fourth-order valence-electron chi connectivity index (χ4n) is 0.0630. The van der Waals surface area contributed by atoms with Gasteiger partial charge in [0.1, 0.15) is 5.85 Å². The van der Waals surface area contributed by atoms with Crippen molar-refractivity contribution >= 4 is 24.0 Å². The molecule has 0 heterocycles. The van der Waals surface area contributed by atoms with Crippen LogP contribution in [0.4, 0.5) is 0 Å². The van der Waals surface area contributed by atoms with E-state index in [2.05, 4.69) is 15.9 Å². The van der Waals surface area contributed by atoms with E-state index in [1.54, 1.807) is 0 Å². The molecule has 0 rings (SSSR count). The maximum Gasteiger partial charge on any atom is 1.00 e. The Bertz CT molecular complexity index is 79.7. The molecular weight excluding hydrogens is 206 g/mol. The van der Waals surface area contributed by atoms with Gasteiger partial charge in [0.25, 0.3) is 0 Å². The molecular formula is C2H5BrNaO3P. The zero-order valence-corrected chi connectivity index (χ0v) is 9.01. The molecule has 0 aliphatic heterocycles. The van der Waals surface area contributed by atoms with Crippen LogP contribution in [0.2, 0.25) is 0 Å². The van der Waals surface area contributed by atoms with E-state index < -0.39 is 13.9 Å². The summed E-state index contributed by atoms with van der Waals surface area (Å²) in [4.78, 5) is 9.72. The second-order valence-electron chi connectivity index (χ2n) is 0.989. The van der Waals surface area contributed by atoms with Gasteiger partial charge in [-0.05, 0) is 0 Å². The molecule has 0 saturated carbocycles. The van der Waals surface area contributed by atoms with Gasteiger partial charge in [0.15, 0.2) is 0 Å². The van der Waals surface area contributed by atoms with Crippen LogP contribution in [0.5, 0.6) is 0 Å². The van der Waals surface area contributed by atoms with E-state index in [-0.39, 0.29) is 34.9 Å². The number of alkyl halides is 1. The van der Waals surface area contributed by atoms with Crippen molar-refractivity contribution in [2.45, 2.75) is 5.85 Å². The summed E-state index contributed by atoms with van der Waals surface area (Å²) in [7, 11) is -2.95. The van der Waals surface area contributed by atoms with Gasteiger partial charge >= 0.3 is 29.6 Å². The third-order valence-corrected chi connectivity index (χ3v) is 2.38. The number of hydrogen-bond donors (Lipinski definition) is 1. The van der Waals surface area contributed by atoms with Gasteiger partial charge in [-0.15, -0.1) is 0 Å². The average Bonchev–Trinajstić information content (AvgIpc) is 1.65. The summed E-state index contributed by atoms with van der Waals surface area (Å²) in [6.45, 7) is 0. The molecule has 0 amide bonds. The van der Waals surface area contributed by atoms with E-state index in [0.29, 0.717) is 0 Å². The molecule has 44 valence electrons. The van der Waals surface area contributed by atoms with Gasteiger partial charge in [0, 0.05) is 13.4 Å². The molecule has 2 atom stereocenters. The van der Waals surface area contributed by atoms with E-state index in [0.717, 1.165) is 0 Å². The van der Waals surface area contributed by atoms with Crippen LogP contribution in [-0.2, 0) is 4.57 Å². The Morgan fingerprint density at radius 1 is 1.88 bits per heavy atom. The van der Waals surface area contributed by atoms with E-state index >= 15 is 0 Å². The van der Waals surface area contributed by atoms with Crippen molar-refractivity contribution in [3.63, 3.8) is 0 Å². The topological polar surface area (TPSA) is 60.4 Å². The Morgan fingerprint density at radius 3 is 2.25 bits per heavy atom. The first-order chi connectivity index (χ1) is 3.18. The number of aliphatic hydroxyl groups excluding tert-OH is 1. The van der Waals surface area contributed by atoms with Gasteiger partial charge in [-0.1, -0.05) is 15.9 Å². The Morgan fingerprint density at radius 2 is 2.25 bits per heavy atom. The van der Waals surface area contributed by atoms with E-state index in [1.165, 1.54) is 0 Å². The van der Waals surface area contributed by atoms with Crippen molar-refractivity contribution in [3.8, 4) is 0 Å². The predicted molar refractivity (Wildman–Crippen MR) is 28.8 cm³/mol. The predicted octanol–water partition coefficient (Wildman–Crippen LogP) is -3.46. The third kappa shape index (κ3) is 5.76. The van der Waals surface area contributed by atoms with Crippen molar-refractivity contribution in [3.05, 3.63) is 0 Å². The number of halogens is 1. The molecule has 3 nitrogen and oxygen atoms in total. The molecule has 1 N–H and O–H groups in total. The van der Waals surface area contributed by atoms with Crippen LogP contribution in [0.15, 0.2) is 0 Å². The Kier molecular flexibility index (Phi) is 10.4. The zero-order valence-electron chi connectivity index (χ0n) is 4.43. The molecule has 0 spiro atoms. The molecule has 0 aromatic carbocycles. The summed E-state index contributed by atoms with van der Waals surface area (Å²) in [5.74, 6) is -1.19. The van der Waals surface area contributed by atoms with E-state index in [1.807, 2.05) is 0 Å². The quantitative estimate of drug-likeness (QED) is 0.293. The van der Waals surface area contributed by atoms with Crippen LogP contribution in [0, 0.1) is 0 Å². The first kappa shape index (κ1) is 12.3. The van der Waals surface area contributed by atoms with Crippen LogP contribution in [-0.4, -0.2) is 16.3 Å². The van der Waals surface area contributed by atoms with Crippen molar-refractivity contribution < 1.29 is 44.1 Å². The minimum Gasteiger partial charge on any atom is -0.800 e. The maximum atomic E-state index is 9.72. The number of rotatable bonds is 2. The molecule has 0 fully saturated rings. The summed E-state index contributed by atoms with van der Waals surface area (Å²) < 4.78 is 9.72. The van der Waals surface area contributed by atoms with Gasteiger partial charge in [-0.3, -0.25) is 0 Å². The molecule has 6 heteroatoms. The van der Waals surface area contributed by atoms with Crippen molar-refractivity contribution in [2.24, 2.45) is 0 Å². The Balaban J connectivity index is 0. The standard InChI is InChI=1S/C2H6BrO3P.Na/c3-1-2(4)7(5)6;/h2,4,7H,1H2,(H,5,6);/q;+1/p-1. The van der Waals surface area contributed by atoms with Crippen molar-refractivity contribution in [2.75, 3.05) is 5.33 Å². The number of hydrogen-bond acceptors (Lipinski definition) is 3. The minimum atomic E-state index is -2.95. The monoisotopic (exact) mass is 210 g/mol. The van der Waals surface area contributed by atoms with Gasteiger partial charge < -0.3 is 14.6 Å². The summed E-state index contributed by atoms with van der Waals surface area (Å²) in [5.41, 5.74) is 0. The third-order valence-electron chi connectivity index (χ3n) is 0.418. The molecule has 0 aliphatic carbocycles. The summed E-state index contributed by atoms with van der Waals surface area (Å²) in [6, 6.07) is 0. The molecule has 2 unspecified atom stereocenters. The average molecular weight is 211 g/mol. The molecule has 0 bridgehead atoms. The molecule has 0 radical (unpaired) electrons. The maximum absolute atomic E-state index is 9.72. The fraction of sp³-hybridized carbons (Fsp3) is 1.00. The molecule has 0 aromatic rings. The Labute approximate surface area is 78.8 Å². The van der Waals surface area contributed by atoms with Crippen LogP contribution < -0.4 is 34.5 Å². The second-order valence-corrected chi connectivity index (χ2v) is 2.94. The molecule has 8 heavy (non-hydrogen) atoms. The SMILES string of the molecule is O=[PH]([O-])C(O)CBr.[Na+]. The largest absolute Gasteiger partial charge is 1.00 e. The fourth-order valence-corrected chi connectivity index (χ4v) is 0.982. The van der Waals surface area contributed by atoms with Crippen LogP contribution in [0.1, 0.15) is 0 Å². The van der Waals surface area contributed by atoms with Gasteiger partial charge in [-0.2, -0.15) is 0 Å². The summed E-state index contributed by atoms with van der Waals surface area (Å²) >= 11 is 2.79. The van der Waals surface area contributed by atoms with Crippen LogP contribution in [0.3, 0.4) is 0 Å². The summed E-state index contributed by atoms with van der Waals surface area (Å²) in [6.07, 6.45) is 0. The Hall–Kier alpha value is 1.63. The number of aliphatic hydroxyl groups is 1. The summed E-state index contributed by atoms with van der Waals surface area (Å²) in [5, 5.41) is 8.41. The first-order valence-corrected chi connectivity index (χ1v) is 4.15. The molecule has 0 aliphatic rings. The minimum absolute atomic E-state index is 0. The van der Waals surface area contributed by atoms with Gasteiger partial charge in [0.05, 0.1) is 0 Å². The van der Waals surface area contributed by atoms with Crippen LogP contribution in [0.25, 0.3) is 0 Å². The van der Waals surface area contributed by atoms with Crippen LogP contribution >= 0.6 is 24.0 Å². The second kappa shape index (κ2) is 6.75. The van der Waals surface area contributed by atoms with Crippen molar-refractivity contribution in [1.82, 2.24) is 0 Å². The zero-order chi connectivity index (χ0) is 5.86. The van der Waals surface area contributed by atoms with E-state index in [4.69, 9.17) is 5.11 Å². The van der Waals surface area contributed by atoms with Gasteiger partial charge in [-0.25, -0.2) is 0 Å². The van der Waals surface area contributed by atoms with Gasteiger partial charge in [0.2, 0.25) is 0 Å². The normalized spacial score (nSPS) is 16.4. The molecule has 0 saturated heterocycles. The first-order valence-electron chi connectivity index (χ1n) is 1.63.